The predicted octanol–water partition coefficient (Wildman–Crippen LogP) is 4.70. The summed E-state index contributed by atoms with van der Waals surface area (Å²) >= 11 is 0. The summed E-state index contributed by atoms with van der Waals surface area (Å²) in [5.74, 6) is 2.68. The van der Waals surface area contributed by atoms with Crippen LogP contribution >= 0.6 is 0 Å². The number of anilines is 1. The fraction of sp³-hybridized carbons (Fsp3) is 0.400. The highest BCUT2D eigenvalue weighted by molar-refractivity contribution is 5.77. The first-order chi connectivity index (χ1) is 11.7. The molecule has 0 aliphatic heterocycles. The molecule has 4 nitrogen and oxygen atoms in total. The van der Waals surface area contributed by atoms with Crippen LogP contribution in [0.25, 0.3) is 17.0 Å². The summed E-state index contributed by atoms with van der Waals surface area (Å²) < 4.78 is 2.08. The maximum Gasteiger partial charge on any atom is 0.235 e. The molecule has 3 aromatic rings. The third-order valence-electron chi connectivity index (χ3n) is 5.16. The molecule has 1 N–H and O–H groups in total. The van der Waals surface area contributed by atoms with Gasteiger partial charge in [-0.2, -0.15) is 0 Å². The summed E-state index contributed by atoms with van der Waals surface area (Å²) in [4.78, 5) is 9.25. The molecule has 24 heavy (non-hydrogen) atoms. The molecule has 1 fully saturated rings. The van der Waals surface area contributed by atoms with Crippen LogP contribution in [0, 0.1) is 12.8 Å². The van der Waals surface area contributed by atoms with E-state index in [9.17, 15) is 0 Å². The number of fused-ring (bicyclic) bond motifs is 1. The highest BCUT2D eigenvalue weighted by Crippen LogP contribution is 2.33. The summed E-state index contributed by atoms with van der Waals surface area (Å²) in [5.41, 5.74) is 3.42. The van der Waals surface area contributed by atoms with Gasteiger partial charge in [0, 0.05) is 24.0 Å². The van der Waals surface area contributed by atoms with Crippen LogP contribution < -0.4 is 5.32 Å². The van der Waals surface area contributed by atoms with Gasteiger partial charge in [-0.1, -0.05) is 31.2 Å². The number of benzene rings is 1. The van der Waals surface area contributed by atoms with Crippen molar-refractivity contribution in [3.63, 3.8) is 0 Å². The molecule has 2 aromatic heterocycles. The van der Waals surface area contributed by atoms with Crippen molar-refractivity contribution in [2.75, 3.05) is 5.32 Å². The van der Waals surface area contributed by atoms with Gasteiger partial charge in [-0.15, -0.1) is 0 Å². The van der Waals surface area contributed by atoms with Crippen LogP contribution in [0.5, 0.6) is 0 Å². The number of nitrogens with one attached hydrogen (secondary N) is 1. The molecule has 1 aromatic carbocycles. The molecule has 0 amide bonds. The Balaban J connectivity index is 1.77. The van der Waals surface area contributed by atoms with Gasteiger partial charge in [0.2, 0.25) is 5.78 Å². The van der Waals surface area contributed by atoms with Crippen molar-refractivity contribution in [1.29, 1.82) is 0 Å². The molecule has 0 saturated heterocycles. The van der Waals surface area contributed by atoms with Crippen molar-refractivity contribution in [2.24, 2.45) is 5.92 Å². The van der Waals surface area contributed by atoms with Crippen molar-refractivity contribution in [3.8, 4) is 11.3 Å². The number of hydrogen-bond donors (Lipinski definition) is 1. The molecule has 124 valence electrons. The molecule has 1 aliphatic rings. The maximum absolute atomic E-state index is 4.81. The number of nitrogens with zero attached hydrogens (tertiary/aromatic N) is 3. The second-order valence-corrected chi connectivity index (χ2v) is 7.01. The Bertz CT molecular complexity index is 844. The Morgan fingerprint density at radius 3 is 2.67 bits per heavy atom. The summed E-state index contributed by atoms with van der Waals surface area (Å²) in [6.07, 6.45) is 8.89. The lowest BCUT2D eigenvalue weighted by atomic mass is 9.87. The van der Waals surface area contributed by atoms with Gasteiger partial charge >= 0.3 is 0 Å². The van der Waals surface area contributed by atoms with Gasteiger partial charge in [0.25, 0.3) is 0 Å². The van der Waals surface area contributed by atoms with Gasteiger partial charge in [0.05, 0.1) is 0 Å². The minimum absolute atomic E-state index is 0.518. The van der Waals surface area contributed by atoms with E-state index in [4.69, 9.17) is 4.98 Å². The average molecular weight is 320 g/mol. The lowest BCUT2D eigenvalue weighted by Gasteiger charge is -2.27. The minimum Gasteiger partial charge on any atom is -0.367 e. The second-order valence-electron chi connectivity index (χ2n) is 7.01. The first-order valence-corrected chi connectivity index (χ1v) is 8.88. The molecule has 1 saturated carbocycles. The molecule has 0 bridgehead atoms. The van der Waals surface area contributed by atoms with Gasteiger partial charge in [-0.25, -0.2) is 9.97 Å². The largest absolute Gasteiger partial charge is 0.367 e. The van der Waals surface area contributed by atoms with E-state index in [-0.39, 0.29) is 0 Å². The van der Waals surface area contributed by atoms with Crippen molar-refractivity contribution in [3.05, 3.63) is 48.3 Å². The van der Waals surface area contributed by atoms with Crippen LogP contribution in [-0.2, 0) is 0 Å². The number of imidazole rings is 1. The first-order valence-electron chi connectivity index (χ1n) is 8.88. The zero-order valence-corrected chi connectivity index (χ0v) is 14.4. The molecule has 1 aliphatic carbocycles. The quantitative estimate of drug-likeness (QED) is 0.761. The van der Waals surface area contributed by atoms with Gasteiger partial charge < -0.3 is 5.32 Å². The van der Waals surface area contributed by atoms with Gasteiger partial charge in [0.1, 0.15) is 11.5 Å². The van der Waals surface area contributed by atoms with Gasteiger partial charge in [-0.05, 0) is 50.2 Å². The van der Waals surface area contributed by atoms with Crippen molar-refractivity contribution < 1.29 is 0 Å². The zero-order chi connectivity index (χ0) is 16.5. The summed E-state index contributed by atoms with van der Waals surface area (Å²) in [7, 11) is 0. The predicted molar refractivity (Wildman–Crippen MR) is 98.2 cm³/mol. The normalized spacial score (nSPS) is 21.1. The summed E-state index contributed by atoms with van der Waals surface area (Å²) in [6.45, 7) is 4.49. The Labute approximate surface area is 143 Å². The topological polar surface area (TPSA) is 42.2 Å². The van der Waals surface area contributed by atoms with E-state index in [1.807, 2.05) is 12.3 Å². The minimum atomic E-state index is 0.518. The fourth-order valence-electron chi connectivity index (χ4n) is 3.65. The van der Waals surface area contributed by atoms with E-state index in [2.05, 4.69) is 52.8 Å². The molecule has 0 spiro atoms. The highest BCUT2D eigenvalue weighted by atomic mass is 15.2. The standard InChI is InChI=1S/C20H24N4/c1-14-8-10-16(11-9-14)22-19-18(17-7-4-3-6-15(17)2)23-20-21-12-5-13-24(19)20/h3-7,12-14,16,22H,8-11H2,1-2H3. The Morgan fingerprint density at radius 1 is 1.08 bits per heavy atom. The number of aromatic nitrogens is 3. The van der Waals surface area contributed by atoms with Crippen molar-refractivity contribution in [2.45, 2.75) is 45.6 Å². The van der Waals surface area contributed by atoms with E-state index < -0.39 is 0 Å². The fourth-order valence-corrected chi connectivity index (χ4v) is 3.65. The Kier molecular flexibility index (Phi) is 3.97. The highest BCUT2D eigenvalue weighted by Gasteiger charge is 2.22. The lowest BCUT2D eigenvalue weighted by Crippen LogP contribution is -2.26. The van der Waals surface area contributed by atoms with Crippen LogP contribution in [0.1, 0.15) is 38.2 Å². The number of aryl methyl sites for hydroxylation is 1. The van der Waals surface area contributed by atoms with E-state index in [1.54, 1.807) is 6.20 Å². The molecule has 0 radical (unpaired) electrons. The van der Waals surface area contributed by atoms with Gasteiger partial charge in [0.15, 0.2) is 0 Å². The van der Waals surface area contributed by atoms with E-state index in [0.717, 1.165) is 23.2 Å². The van der Waals surface area contributed by atoms with Crippen molar-refractivity contribution >= 4 is 11.6 Å². The van der Waals surface area contributed by atoms with E-state index in [0.29, 0.717) is 6.04 Å². The Hall–Kier alpha value is -2.36. The first kappa shape index (κ1) is 15.2. The zero-order valence-electron chi connectivity index (χ0n) is 14.4. The number of hydrogen-bond acceptors (Lipinski definition) is 3. The molecular formula is C20H24N4. The van der Waals surface area contributed by atoms with E-state index >= 15 is 0 Å². The molecule has 0 atom stereocenters. The second kappa shape index (κ2) is 6.27. The third-order valence-corrected chi connectivity index (χ3v) is 5.16. The smallest absolute Gasteiger partial charge is 0.235 e. The van der Waals surface area contributed by atoms with Crippen LogP contribution in [-0.4, -0.2) is 20.4 Å². The Morgan fingerprint density at radius 2 is 1.88 bits per heavy atom. The van der Waals surface area contributed by atoms with Gasteiger partial charge in [-0.3, -0.25) is 4.40 Å². The monoisotopic (exact) mass is 320 g/mol. The maximum atomic E-state index is 4.81. The lowest BCUT2D eigenvalue weighted by molar-refractivity contribution is 0.361. The van der Waals surface area contributed by atoms with Crippen LogP contribution in [0.3, 0.4) is 0 Å². The van der Waals surface area contributed by atoms with Crippen molar-refractivity contribution in [1.82, 2.24) is 14.4 Å². The molecule has 0 unspecified atom stereocenters. The van der Waals surface area contributed by atoms with Crippen LogP contribution in [0.15, 0.2) is 42.7 Å². The number of rotatable bonds is 3. The SMILES string of the molecule is Cc1ccccc1-c1nc2ncccn2c1NC1CCC(C)CC1. The van der Waals surface area contributed by atoms with Crippen LogP contribution in [0.2, 0.25) is 0 Å². The summed E-state index contributed by atoms with van der Waals surface area (Å²) in [6, 6.07) is 10.9. The molecular weight excluding hydrogens is 296 g/mol. The summed E-state index contributed by atoms with van der Waals surface area (Å²) in [5, 5.41) is 3.78. The molecule has 4 rings (SSSR count). The average Bonchev–Trinajstić information content (AvgIpc) is 2.96. The van der Waals surface area contributed by atoms with E-state index in [1.165, 1.54) is 36.8 Å². The van der Waals surface area contributed by atoms with Crippen LogP contribution in [0.4, 0.5) is 5.82 Å². The third kappa shape index (κ3) is 2.77. The molecule has 2 heterocycles. The molecule has 4 heteroatoms.